The minimum Gasteiger partial charge on any atom is -0.491 e. The number of para-hydroxylation sites is 2. The number of benzene rings is 2. The summed E-state index contributed by atoms with van der Waals surface area (Å²) in [5, 5.41) is 4.14. The summed E-state index contributed by atoms with van der Waals surface area (Å²) in [5.41, 5.74) is 9.36. The number of amides is 2. The van der Waals surface area contributed by atoms with Gasteiger partial charge in [-0.25, -0.2) is 4.52 Å². The van der Waals surface area contributed by atoms with Crippen LogP contribution in [0.15, 0.2) is 79.0 Å². The van der Waals surface area contributed by atoms with Crippen LogP contribution in [0.3, 0.4) is 0 Å². The zero-order valence-electron chi connectivity index (χ0n) is 17.1. The number of pyridine rings is 1. The van der Waals surface area contributed by atoms with Crippen molar-refractivity contribution in [3.05, 3.63) is 84.7 Å². The summed E-state index contributed by atoms with van der Waals surface area (Å²) in [6.07, 6.45) is 2.25. The maximum absolute atomic E-state index is 11.4. The molecular weight excluding hydrogens is 392 g/mol. The van der Waals surface area contributed by atoms with Crippen LogP contribution < -0.4 is 15.4 Å². The maximum atomic E-state index is 11.4. The van der Waals surface area contributed by atoms with Crippen molar-refractivity contribution in [1.29, 1.82) is 0 Å². The molecule has 5 rings (SSSR count). The summed E-state index contributed by atoms with van der Waals surface area (Å²) in [5.74, 6) is 0.374. The van der Waals surface area contributed by atoms with Crippen LogP contribution in [0.1, 0.15) is 16.9 Å². The van der Waals surface area contributed by atoms with E-state index in [2.05, 4.69) is 5.10 Å². The average Bonchev–Trinajstić information content (AvgIpc) is 3.19. The van der Waals surface area contributed by atoms with Gasteiger partial charge in [-0.05, 0) is 29.8 Å². The van der Waals surface area contributed by atoms with Gasteiger partial charge < -0.3 is 15.4 Å². The normalized spacial score (nSPS) is 12.9. The molecule has 0 saturated carbocycles. The first kappa shape index (κ1) is 20.2. The largest absolute Gasteiger partial charge is 0.491 e. The number of aromatic nitrogens is 2. The molecule has 0 bridgehead atoms. The highest BCUT2D eigenvalue weighted by molar-refractivity contribution is 5.95. The van der Waals surface area contributed by atoms with Gasteiger partial charge in [-0.2, -0.15) is 5.10 Å². The molecule has 0 saturated heterocycles. The molecule has 1 aliphatic rings. The Morgan fingerprint density at radius 1 is 1.03 bits per heavy atom. The van der Waals surface area contributed by atoms with E-state index < -0.39 is 5.91 Å². The lowest BCUT2D eigenvalue weighted by Gasteiger charge is -2.15. The van der Waals surface area contributed by atoms with Gasteiger partial charge in [0.05, 0.1) is 24.2 Å². The molecule has 1 aliphatic heterocycles. The van der Waals surface area contributed by atoms with Crippen molar-refractivity contribution in [2.45, 2.75) is 6.42 Å². The van der Waals surface area contributed by atoms with Crippen molar-refractivity contribution in [2.75, 3.05) is 18.6 Å². The number of rotatable bonds is 2. The molecule has 0 unspecified atom stereocenters. The fourth-order valence-corrected chi connectivity index (χ4v) is 3.40. The van der Waals surface area contributed by atoms with Gasteiger partial charge in [-0.3, -0.25) is 9.59 Å². The molecule has 0 spiro atoms. The highest BCUT2D eigenvalue weighted by Gasteiger charge is 2.18. The number of anilines is 1. The van der Waals surface area contributed by atoms with Gasteiger partial charge in [-0.15, -0.1) is 0 Å². The Bertz CT molecular complexity index is 1230. The van der Waals surface area contributed by atoms with Gasteiger partial charge in [0, 0.05) is 18.8 Å². The number of hydrogen-bond donors (Lipinski definition) is 1. The third-order valence-corrected chi connectivity index (χ3v) is 5.01. The lowest BCUT2D eigenvalue weighted by atomic mass is 10.1. The minimum atomic E-state index is -0.516. The van der Waals surface area contributed by atoms with Gasteiger partial charge >= 0.3 is 0 Å². The number of hydrogen-bond acceptors (Lipinski definition) is 4. The van der Waals surface area contributed by atoms with E-state index in [1.165, 1.54) is 0 Å². The fourth-order valence-electron chi connectivity index (χ4n) is 3.40. The molecule has 2 aromatic carbocycles. The number of ether oxygens (including phenoxy) is 1. The van der Waals surface area contributed by atoms with Gasteiger partial charge in [-0.1, -0.05) is 48.5 Å². The number of nitrogens with two attached hydrogens (primary N) is 1. The Kier molecular flexibility index (Phi) is 5.66. The lowest BCUT2D eigenvalue weighted by Crippen LogP contribution is -2.24. The number of carbonyl (C=O) groups excluding carboxylic acids is 2. The molecule has 0 atom stereocenters. The van der Waals surface area contributed by atoms with Crippen molar-refractivity contribution >= 4 is 23.0 Å². The molecule has 4 aromatic rings. The summed E-state index contributed by atoms with van der Waals surface area (Å²) >= 11 is 0. The average molecular weight is 414 g/mol. The van der Waals surface area contributed by atoms with Gasteiger partial charge in [0.1, 0.15) is 5.75 Å². The highest BCUT2D eigenvalue weighted by Crippen LogP contribution is 2.29. The van der Waals surface area contributed by atoms with E-state index in [4.69, 9.17) is 10.5 Å². The molecule has 0 radical (unpaired) electrons. The van der Waals surface area contributed by atoms with Crippen molar-refractivity contribution in [3.63, 3.8) is 0 Å². The predicted molar refractivity (Wildman–Crippen MR) is 119 cm³/mol. The summed E-state index contributed by atoms with van der Waals surface area (Å²) in [4.78, 5) is 24.2. The van der Waals surface area contributed by atoms with Crippen molar-refractivity contribution < 1.29 is 14.3 Å². The summed E-state index contributed by atoms with van der Waals surface area (Å²) < 4.78 is 7.10. The van der Waals surface area contributed by atoms with Crippen LogP contribution in [0.4, 0.5) is 5.69 Å². The molecule has 156 valence electrons. The molecule has 7 nitrogen and oxygen atoms in total. The third kappa shape index (κ3) is 4.25. The smallest absolute Gasteiger partial charge is 0.269 e. The van der Waals surface area contributed by atoms with Crippen LogP contribution in [-0.4, -0.2) is 35.1 Å². The second-order valence-corrected chi connectivity index (χ2v) is 7.03. The SMILES string of the molecule is CN1C(=O)CCOc2ccccc21.NC(=O)c1cc2c(-c3ccccc3)cccn2n1. The second kappa shape index (κ2) is 8.71. The Balaban J connectivity index is 0.000000158. The highest BCUT2D eigenvalue weighted by atomic mass is 16.5. The fraction of sp³-hybridized carbons (Fsp3) is 0.125. The first-order chi connectivity index (χ1) is 15.0. The quantitative estimate of drug-likeness (QED) is 0.543. The predicted octanol–water partition coefficient (Wildman–Crippen LogP) is 3.53. The number of primary amides is 1. The monoisotopic (exact) mass is 414 g/mol. The summed E-state index contributed by atoms with van der Waals surface area (Å²) in [6.45, 7) is 0.472. The van der Waals surface area contributed by atoms with Crippen molar-refractivity contribution in [1.82, 2.24) is 9.61 Å². The van der Waals surface area contributed by atoms with Crippen LogP contribution in [0.5, 0.6) is 5.75 Å². The number of fused-ring (bicyclic) bond motifs is 2. The van der Waals surface area contributed by atoms with Crippen LogP contribution in [0.2, 0.25) is 0 Å². The molecular formula is C24H22N4O3. The Labute approximate surface area is 179 Å². The van der Waals surface area contributed by atoms with Gasteiger partial charge in [0.25, 0.3) is 5.91 Å². The third-order valence-electron chi connectivity index (χ3n) is 5.01. The standard InChI is InChI=1S/C14H11N3O.C10H11NO2/c15-14(18)12-9-13-11(7-4-8-17(13)16-12)10-5-2-1-3-6-10;1-11-8-4-2-3-5-9(8)13-7-6-10(11)12/h1-9H,(H2,15,18);2-5H,6-7H2,1H3. The van der Waals surface area contributed by atoms with E-state index in [1.54, 1.807) is 28.7 Å². The maximum Gasteiger partial charge on any atom is 0.269 e. The summed E-state index contributed by atoms with van der Waals surface area (Å²) in [6, 6.07) is 23.1. The van der Waals surface area contributed by atoms with Crippen LogP contribution in [-0.2, 0) is 4.79 Å². The minimum absolute atomic E-state index is 0.102. The van der Waals surface area contributed by atoms with Crippen LogP contribution in [0.25, 0.3) is 16.6 Å². The van der Waals surface area contributed by atoms with Crippen molar-refractivity contribution in [2.24, 2.45) is 5.73 Å². The first-order valence-corrected chi connectivity index (χ1v) is 9.86. The van der Waals surface area contributed by atoms with E-state index in [9.17, 15) is 9.59 Å². The van der Waals surface area contributed by atoms with Gasteiger partial charge in [0.2, 0.25) is 5.91 Å². The molecule has 31 heavy (non-hydrogen) atoms. The molecule has 2 N–H and O–H groups in total. The van der Waals surface area contributed by atoms with E-state index in [-0.39, 0.29) is 11.6 Å². The van der Waals surface area contributed by atoms with E-state index in [0.29, 0.717) is 13.0 Å². The van der Waals surface area contributed by atoms with E-state index in [1.807, 2.05) is 66.7 Å². The molecule has 7 heteroatoms. The van der Waals surface area contributed by atoms with Crippen LogP contribution in [0, 0.1) is 0 Å². The number of carbonyl (C=O) groups is 2. The zero-order chi connectivity index (χ0) is 21.8. The second-order valence-electron chi connectivity index (χ2n) is 7.03. The molecule has 2 amide bonds. The summed E-state index contributed by atoms with van der Waals surface area (Å²) in [7, 11) is 1.77. The Morgan fingerprint density at radius 3 is 2.55 bits per heavy atom. The topological polar surface area (TPSA) is 89.9 Å². The lowest BCUT2D eigenvalue weighted by molar-refractivity contribution is -0.118. The van der Waals surface area contributed by atoms with E-state index >= 15 is 0 Å². The Morgan fingerprint density at radius 2 is 1.77 bits per heavy atom. The van der Waals surface area contributed by atoms with E-state index in [0.717, 1.165) is 28.1 Å². The van der Waals surface area contributed by atoms with Crippen LogP contribution >= 0.6 is 0 Å². The zero-order valence-corrected chi connectivity index (χ0v) is 17.1. The van der Waals surface area contributed by atoms with Gasteiger partial charge in [0.15, 0.2) is 5.69 Å². The molecule has 2 aromatic heterocycles. The number of nitrogens with zero attached hydrogens (tertiary/aromatic N) is 3. The molecule has 0 fully saturated rings. The first-order valence-electron chi connectivity index (χ1n) is 9.86. The van der Waals surface area contributed by atoms with Crippen molar-refractivity contribution in [3.8, 4) is 16.9 Å². The Hall–Kier alpha value is -4.13. The molecule has 3 heterocycles. The molecule has 0 aliphatic carbocycles.